The van der Waals surface area contributed by atoms with Crippen molar-refractivity contribution in [3.63, 3.8) is 0 Å². The van der Waals surface area contributed by atoms with Gasteiger partial charge in [-0.25, -0.2) is 4.79 Å². The van der Waals surface area contributed by atoms with Gasteiger partial charge in [0, 0.05) is 5.56 Å². The van der Waals surface area contributed by atoms with Crippen molar-refractivity contribution in [2.45, 2.75) is 12.8 Å². The highest BCUT2D eigenvalue weighted by molar-refractivity contribution is 5.93. The van der Waals surface area contributed by atoms with Crippen molar-refractivity contribution >= 4 is 11.9 Å². The molecule has 0 aromatic heterocycles. The van der Waals surface area contributed by atoms with Crippen LogP contribution in [0.3, 0.4) is 0 Å². The molecule has 2 atom stereocenters. The van der Waals surface area contributed by atoms with Gasteiger partial charge in [0.15, 0.2) is 5.92 Å². The lowest BCUT2D eigenvalue weighted by molar-refractivity contribution is -0.144. The molecule has 2 rings (SSSR count). The fourth-order valence-electron chi connectivity index (χ4n) is 2.56. The van der Waals surface area contributed by atoms with Gasteiger partial charge in [-0.1, -0.05) is 17.7 Å². The highest BCUT2D eigenvalue weighted by Crippen LogP contribution is 2.43. The average molecular weight is 316 g/mol. The molecular formula is C16H16N2O5. The molecule has 0 radical (unpaired) electrons. The molecule has 0 amide bonds. The predicted octanol–water partition coefficient (Wildman–Crippen LogP) is 1.13. The van der Waals surface area contributed by atoms with Crippen LogP contribution in [0.25, 0.3) is 0 Å². The van der Waals surface area contributed by atoms with Crippen molar-refractivity contribution in [1.29, 1.82) is 5.26 Å². The molecule has 0 bridgehead atoms. The molecule has 0 fully saturated rings. The molecule has 2 N–H and O–H groups in total. The van der Waals surface area contributed by atoms with Crippen molar-refractivity contribution in [2.24, 2.45) is 11.7 Å². The van der Waals surface area contributed by atoms with Gasteiger partial charge in [0.25, 0.3) is 0 Å². The number of methoxy groups -OCH3 is 2. The van der Waals surface area contributed by atoms with Gasteiger partial charge in [0.05, 0.1) is 26.2 Å². The number of esters is 2. The molecule has 1 aromatic carbocycles. The van der Waals surface area contributed by atoms with Crippen molar-refractivity contribution in [1.82, 2.24) is 0 Å². The third-order valence-electron chi connectivity index (χ3n) is 3.63. The van der Waals surface area contributed by atoms with E-state index in [1.165, 1.54) is 14.2 Å². The van der Waals surface area contributed by atoms with E-state index >= 15 is 0 Å². The molecule has 0 saturated carbocycles. The van der Waals surface area contributed by atoms with Crippen LogP contribution in [0.5, 0.6) is 5.75 Å². The topological polar surface area (TPSA) is 112 Å². The van der Waals surface area contributed by atoms with Crippen molar-refractivity contribution < 1.29 is 23.8 Å². The second kappa shape index (κ2) is 6.40. The Kier molecular flexibility index (Phi) is 4.55. The summed E-state index contributed by atoms with van der Waals surface area (Å²) in [6.45, 7) is 1.84. The van der Waals surface area contributed by atoms with E-state index in [4.69, 9.17) is 15.2 Å². The van der Waals surface area contributed by atoms with E-state index in [0.29, 0.717) is 11.3 Å². The zero-order valence-electron chi connectivity index (χ0n) is 13.0. The molecule has 0 unspecified atom stereocenters. The molecule has 120 valence electrons. The molecule has 1 aliphatic rings. The molecule has 23 heavy (non-hydrogen) atoms. The lowest BCUT2D eigenvalue weighted by Gasteiger charge is -2.29. The Bertz CT molecular complexity index is 732. The molecule has 7 heteroatoms. The number of fused-ring (bicyclic) bond motifs is 1. The third-order valence-corrected chi connectivity index (χ3v) is 3.63. The summed E-state index contributed by atoms with van der Waals surface area (Å²) < 4.78 is 14.9. The fraction of sp³-hybridized carbons (Fsp3) is 0.312. The molecular weight excluding hydrogens is 300 g/mol. The molecule has 1 aliphatic heterocycles. The maximum absolute atomic E-state index is 12.1. The lowest BCUT2D eigenvalue weighted by atomic mass is 9.79. The quantitative estimate of drug-likeness (QED) is 0.832. The van der Waals surface area contributed by atoms with E-state index in [9.17, 15) is 14.9 Å². The van der Waals surface area contributed by atoms with Crippen molar-refractivity contribution in [2.75, 3.05) is 14.2 Å². The first-order valence-electron chi connectivity index (χ1n) is 6.78. The smallest absolute Gasteiger partial charge is 0.339 e. The van der Waals surface area contributed by atoms with Gasteiger partial charge in [-0.3, -0.25) is 4.79 Å². The van der Waals surface area contributed by atoms with Gasteiger partial charge in [-0.15, -0.1) is 0 Å². The van der Waals surface area contributed by atoms with Gasteiger partial charge >= 0.3 is 11.9 Å². The number of rotatable bonds is 3. The van der Waals surface area contributed by atoms with Crippen LogP contribution in [-0.2, 0) is 19.1 Å². The Morgan fingerprint density at radius 2 is 2.04 bits per heavy atom. The number of nitriles is 1. The van der Waals surface area contributed by atoms with Crippen LogP contribution >= 0.6 is 0 Å². The zero-order valence-corrected chi connectivity index (χ0v) is 13.0. The number of nitrogens with two attached hydrogens (primary N) is 1. The minimum Gasteiger partial charge on any atom is -0.468 e. The van der Waals surface area contributed by atoms with Gasteiger partial charge in [-0.05, 0) is 13.0 Å². The van der Waals surface area contributed by atoms with Gasteiger partial charge in [0.2, 0.25) is 5.88 Å². The van der Waals surface area contributed by atoms with Crippen LogP contribution in [0.15, 0.2) is 29.7 Å². The van der Waals surface area contributed by atoms with Crippen LogP contribution in [0, 0.1) is 24.2 Å². The molecule has 0 aliphatic carbocycles. The largest absolute Gasteiger partial charge is 0.468 e. The van der Waals surface area contributed by atoms with E-state index in [1.807, 2.05) is 13.0 Å². The minimum absolute atomic E-state index is 0.0671. The molecule has 0 spiro atoms. The lowest BCUT2D eigenvalue weighted by Crippen LogP contribution is -2.33. The predicted molar refractivity (Wildman–Crippen MR) is 78.9 cm³/mol. The first kappa shape index (κ1) is 16.4. The van der Waals surface area contributed by atoms with Crippen LogP contribution in [-0.4, -0.2) is 26.2 Å². The van der Waals surface area contributed by atoms with Crippen molar-refractivity contribution in [3.8, 4) is 11.8 Å². The monoisotopic (exact) mass is 316 g/mol. The van der Waals surface area contributed by atoms with Crippen LogP contribution in [0.1, 0.15) is 17.0 Å². The highest BCUT2D eigenvalue weighted by Gasteiger charge is 2.43. The summed E-state index contributed by atoms with van der Waals surface area (Å²) in [4.78, 5) is 24.1. The molecule has 7 nitrogen and oxygen atoms in total. The Morgan fingerprint density at radius 3 is 2.61 bits per heavy atom. The minimum atomic E-state index is -1.25. The standard InChI is InChI=1S/C16H16N2O5/c1-8-4-5-11-9(6-8)12(10(7-17)15(19)21-2)13(14(18)23-11)16(20)22-3/h4-6,10,12H,18H2,1-3H3/t10-,12+/m0/s1. The number of carbonyl (C=O) groups is 2. The summed E-state index contributed by atoms with van der Waals surface area (Å²) in [5.41, 5.74) is 7.15. The van der Waals surface area contributed by atoms with E-state index in [2.05, 4.69) is 4.74 Å². The van der Waals surface area contributed by atoms with Crippen LogP contribution in [0.4, 0.5) is 0 Å². The third kappa shape index (κ3) is 2.83. The first-order chi connectivity index (χ1) is 10.9. The highest BCUT2D eigenvalue weighted by atomic mass is 16.5. The van der Waals surface area contributed by atoms with E-state index in [-0.39, 0.29) is 11.5 Å². The number of aryl methyl sites for hydroxylation is 1. The maximum atomic E-state index is 12.1. The zero-order chi connectivity index (χ0) is 17.1. The van der Waals surface area contributed by atoms with Crippen LogP contribution in [0.2, 0.25) is 0 Å². The number of carbonyl (C=O) groups excluding carboxylic acids is 2. The average Bonchev–Trinajstić information content (AvgIpc) is 2.55. The van der Waals surface area contributed by atoms with Crippen LogP contribution < -0.4 is 10.5 Å². The van der Waals surface area contributed by atoms with E-state index < -0.39 is 23.8 Å². The summed E-state index contributed by atoms with van der Waals surface area (Å²) in [5.74, 6) is -3.51. The summed E-state index contributed by atoms with van der Waals surface area (Å²) >= 11 is 0. The number of ether oxygens (including phenoxy) is 3. The first-order valence-corrected chi connectivity index (χ1v) is 6.78. The molecule has 0 saturated heterocycles. The number of benzene rings is 1. The second-order valence-corrected chi connectivity index (χ2v) is 5.02. The Hall–Kier alpha value is -3.01. The SMILES string of the molecule is COC(=O)C1=C(N)Oc2ccc(C)cc2[C@@H]1[C@H](C#N)C(=O)OC. The van der Waals surface area contributed by atoms with Gasteiger partial charge in [-0.2, -0.15) is 5.26 Å². The number of hydrogen-bond acceptors (Lipinski definition) is 7. The van der Waals surface area contributed by atoms with E-state index in [0.717, 1.165) is 5.56 Å². The Balaban J connectivity index is 2.69. The number of hydrogen-bond donors (Lipinski definition) is 1. The second-order valence-electron chi connectivity index (χ2n) is 5.02. The Labute approximate surface area is 133 Å². The summed E-state index contributed by atoms with van der Waals surface area (Å²) in [7, 11) is 2.36. The summed E-state index contributed by atoms with van der Waals surface area (Å²) in [6.07, 6.45) is 0. The normalized spacial score (nSPS) is 17.4. The summed E-state index contributed by atoms with van der Waals surface area (Å²) in [5, 5.41) is 9.43. The maximum Gasteiger partial charge on any atom is 0.339 e. The van der Waals surface area contributed by atoms with Gasteiger partial charge in [0.1, 0.15) is 11.3 Å². The van der Waals surface area contributed by atoms with E-state index in [1.54, 1.807) is 18.2 Å². The van der Waals surface area contributed by atoms with Crippen molar-refractivity contribution in [3.05, 3.63) is 40.8 Å². The fourth-order valence-corrected chi connectivity index (χ4v) is 2.56. The van der Waals surface area contributed by atoms with Gasteiger partial charge < -0.3 is 19.9 Å². The summed E-state index contributed by atoms with van der Waals surface area (Å²) in [6, 6.07) is 7.09. The Morgan fingerprint density at radius 1 is 1.35 bits per heavy atom. The molecule has 1 heterocycles. The number of nitrogens with zero attached hydrogens (tertiary/aromatic N) is 1. The molecule has 1 aromatic rings.